The Bertz CT molecular complexity index is 754. The molecule has 1 atom stereocenters. The van der Waals surface area contributed by atoms with Gasteiger partial charge < -0.3 is 9.80 Å². The Balaban J connectivity index is 1.34. The van der Waals surface area contributed by atoms with Crippen LogP contribution in [-0.2, 0) is 22.6 Å². The first-order chi connectivity index (χ1) is 14.0. The molecule has 0 saturated carbocycles. The van der Waals surface area contributed by atoms with E-state index in [0.717, 1.165) is 69.1 Å². The smallest absolute Gasteiger partial charge is 0.239 e. The fraction of sp³-hybridized carbons (Fsp3) is 0.727. The van der Waals surface area contributed by atoms with E-state index in [1.54, 1.807) is 6.92 Å². The van der Waals surface area contributed by atoms with Crippen LogP contribution in [0.3, 0.4) is 0 Å². The Morgan fingerprint density at radius 1 is 1.03 bits per heavy atom. The van der Waals surface area contributed by atoms with Crippen molar-refractivity contribution in [2.75, 3.05) is 32.7 Å². The van der Waals surface area contributed by atoms with Gasteiger partial charge in [0.15, 0.2) is 0 Å². The quantitative estimate of drug-likeness (QED) is 0.777. The van der Waals surface area contributed by atoms with Crippen LogP contribution in [0.5, 0.6) is 0 Å². The van der Waals surface area contributed by atoms with Gasteiger partial charge in [0, 0.05) is 57.2 Å². The van der Waals surface area contributed by atoms with E-state index in [4.69, 9.17) is 4.98 Å². The fourth-order valence-electron chi connectivity index (χ4n) is 4.88. The number of rotatable bonds is 3. The molecule has 2 saturated heterocycles. The predicted molar refractivity (Wildman–Crippen MR) is 110 cm³/mol. The zero-order valence-corrected chi connectivity index (χ0v) is 17.8. The predicted octanol–water partition coefficient (Wildman–Crippen LogP) is 1.96. The molecule has 0 aromatic carbocycles. The van der Waals surface area contributed by atoms with Crippen LogP contribution in [0.25, 0.3) is 0 Å². The molecule has 158 valence electrons. The van der Waals surface area contributed by atoms with Crippen molar-refractivity contribution in [3.8, 4) is 0 Å². The van der Waals surface area contributed by atoms with Crippen LogP contribution in [0, 0.1) is 0 Å². The molecule has 29 heavy (non-hydrogen) atoms. The van der Waals surface area contributed by atoms with Crippen molar-refractivity contribution in [2.24, 2.45) is 0 Å². The molecule has 7 nitrogen and oxygen atoms in total. The highest BCUT2D eigenvalue weighted by atomic mass is 16.2. The Hall–Kier alpha value is -2.02. The van der Waals surface area contributed by atoms with Crippen molar-refractivity contribution in [1.29, 1.82) is 0 Å². The molecule has 0 aliphatic carbocycles. The minimum absolute atomic E-state index is 0.00364. The van der Waals surface area contributed by atoms with Crippen LogP contribution in [0.15, 0.2) is 6.20 Å². The normalized spacial score (nSPS) is 22.3. The second kappa shape index (κ2) is 8.78. The van der Waals surface area contributed by atoms with Crippen LogP contribution >= 0.6 is 0 Å². The van der Waals surface area contributed by atoms with Gasteiger partial charge in [-0.25, -0.2) is 9.97 Å². The minimum Gasteiger partial charge on any atom is -0.341 e. The standard InChI is InChI=1S/C22H33N5O2/c1-16(25-9-4-3-5-10-25)22(29)26-11-6-18(7-12-26)21-23-14-19-15-27(17(2)28)13-8-20(19)24-21/h14,16,18H,3-13,15H2,1-2H3. The van der Waals surface area contributed by atoms with Crippen LogP contribution in [0.4, 0.5) is 0 Å². The van der Waals surface area contributed by atoms with Gasteiger partial charge in [0.25, 0.3) is 0 Å². The van der Waals surface area contributed by atoms with Crippen LogP contribution in [0.1, 0.15) is 69.0 Å². The van der Waals surface area contributed by atoms with Crippen molar-refractivity contribution >= 4 is 11.8 Å². The molecular weight excluding hydrogens is 366 g/mol. The molecule has 4 heterocycles. The first kappa shape index (κ1) is 20.3. The van der Waals surface area contributed by atoms with Crippen LogP contribution < -0.4 is 0 Å². The lowest BCUT2D eigenvalue weighted by molar-refractivity contribution is -0.138. The average molecular weight is 400 g/mol. The summed E-state index contributed by atoms with van der Waals surface area (Å²) in [5.74, 6) is 1.62. The summed E-state index contributed by atoms with van der Waals surface area (Å²) in [6, 6.07) is -0.00364. The molecule has 0 radical (unpaired) electrons. The summed E-state index contributed by atoms with van der Waals surface area (Å²) in [5.41, 5.74) is 2.16. The number of carbonyl (C=O) groups excluding carboxylic acids is 2. The zero-order chi connectivity index (χ0) is 20.4. The third kappa shape index (κ3) is 4.44. The van der Waals surface area contributed by atoms with E-state index in [1.165, 1.54) is 19.3 Å². The molecule has 4 rings (SSSR count). The largest absolute Gasteiger partial charge is 0.341 e. The van der Waals surface area contributed by atoms with Gasteiger partial charge in [-0.2, -0.15) is 0 Å². The van der Waals surface area contributed by atoms with Gasteiger partial charge in [0.1, 0.15) is 5.82 Å². The molecule has 1 unspecified atom stereocenters. The molecule has 2 amide bonds. The summed E-state index contributed by atoms with van der Waals surface area (Å²) in [6.45, 7) is 8.71. The van der Waals surface area contributed by atoms with E-state index >= 15 is 0 Å². The summed E-state index contributed by atoms with van der Waals surface area (Å²) in [7, 11) is 0. The van der Waals surface area contributed by atoms with Crippen molar-refractivity contribution in [3.63, 3.8) is 0 Å². The van der Waals surface area contributed by atoms with E-state index < -0.39 is 0 Å². The molecule has 1 aromatic heterocycles. The molecule has 0 N–H and O–H groups in total. The third-order valence-corrected chi connectivity index (χ3v) is 6.87. The number of fused-ring (bicyclic) bond motifs is 1. The summed E-state index contributed by atoms with van der Waals surface area (Å²) in [5, 5.41) is 0. The average Bonchev–Trinajstić information content (AvgIpc) is 2.78. The minimum atomic E-state index is -0.00364. The number of piperidine rings is 2. The second-order valence-corrected chi connectivity index (χ2v) is 8.76. The Kier molecular flexibility index (Phi) is 6.13. The van der Waals surface area contributed by atoms with Gasteiger partial charge >= 0.3 is 0 Å². The summed E-state index contributed by atoms with van der Waals surface area (Å²) in [4.78, 5) is 40.3. The number of hydrogen-bond donors (Lipinski definition) is 0. The second-order valence-electron chi connectivity index (χ2n) is 8.76. The van der Waals surface area contributed by atoms with Crippen molar-refractivity contribution in [3.05, 3.63) is 23.3 Å². The topological polar surface area (TPSA) is 69.6 Å². The summed E-state index contributed by atoms with van der Waals surface area (Å²) < 4.78 is 0. The highest BCUT2D eigenvalue weighted by molar-refractivity contribution is 5.81. The molecule has 0 bridgehead atoms. The zero-order valence-electron chi connectivity index (χ0n) is 17.8. The lowest BCUT2D eigenvalue weighted by Gasteiger charge is -2.37. The van der Waals surface area contributed by atoms with Gasteiger partial charge in [-0.1, -0.05) is 6.42 Å². The van der Waals surface area contributed by atoms with Crippen molar-refractivity contribution in [2.45, 2.75) is 70.9 Å². The SMILES string of the molecule is CC(=O)N1CCc2nc(C3CCN(C(=O)C(C)N4CCCCC4)CC3)ncc2C1. The highest BCUT2D eigenvalue weighted by Gasteiger charge is 2.31. The number of nitrogens with zero attached hydrogens (tertiary/aromatic N) is 5. The summed E-state index contributed by atoms with van der Waals surface area (Å²) >= 11 is 0. The maximum atomic E-state index is 12.9. The summed E-state index contributed by atoms with van der Waals surface area (Å²) in [6.07, 6.45) is 8.26. The lowest BCUT2D eigenvalue weighted by Crippen LogP contribution is -2.50. The van der Waals surface area contributed by atoms with Crippen molar-refractivity contribution in [1.82, 2.24) is 24.7 Å². The van der Waals surface area contributed by atoms with E-state index in [0.29, 0.717) is 12.5 Å². The molecule has 2 fully saturated rings. The van der Waals surface area contributed by atoms with E-state index in [1.807, 2.05) is 16.0 Å². The molecular formula is C22H33N5O2. The monoisotopic (exact) mass is 399 g/mol. The Labute approximate surface area is 173 Å². The third-order valence-electron chi connectivity index (χ3n) is 6.87. The van der Waals surface area contributed by atoms with E-state index in [-0.39, 0.29) is 17.9 Å². The first-order valence-corrected chi connectivity index (χ1v) is 11.2. The van der Waals surface area contributed by atoms with Gasteiger partial charge in [-0.15, -0.1) is 0 Å². The fourth-order valence-corrected chi connectivity index (χ4v) is 4.88. The van der Waals surface area contributed by atoms with Gasteiger partial charge in [-0.3, -0.25) is 14.5 Å². The Morgan fingerprint density at radius 2 is 1.76 bits per heavy atom. The molecule has 0 spiro atoms. The molecule has 3 aliphatic rings. The number of hydrogen-bond acceptors (Lipinski definition) is 5. The Morgan fingerprint density at radius 3 is 2.45 bits per heavy atom. The molecule has 1 aromatic rings. The van der Waals surface area contributed by atoms with E-state index in [9.17, 15) is 9.59 Å². The maximum absolute atomic E-state index is 12.9. The van der Waals surface area contributed by atoms with Gasteiger partial charge in [0.2, 0.25) is 11.8 Å². The maximum Gasteiger partial charge on any atom is 0.239 e. The van der Waals surface area contributed by atoms with Crippen LogP contribution in [0.2, 0.25) is 0 Å². The number of amides is 2. The van der Waals surface area contributed by atoms with Gasteiger partial charge in [0.05, 0.1) is 11.7 Å². The number of aromatic nitrogens is 2. The number of likely N-dealkylation sites (tertiary alicyclic amines) is 2. The highest BCUT2D eigenvalue weighted by Crippen LogP contribution is 2.28. The first-order valence-electron chi connectivity index (χ1n) is 11.2. The lowest BCUT2D eigenvalue weighted by atomic mass is 9.94. The number of carbonyl (C=O) groups is 2. The van der Waals surface area contributed by atoms with Crippen molar-refractivity contribution < 1.29 is 9.59 Å². The van der Waals surface area contributed by atoms with E-state index in [2.05, 4.69) is 16.8 Å². The van der Waals surface area contributed by atoms with Gasteiger partial charge in [-0.05, 0) is 45.7 Å². The van der Waals surface area contributed by atoms with Crippen LogP contribution in [-0.4, -0.2) is 75.2 Å². The molecule has 7 heteroatoms. The molecule has 3 aliphatic heterocycles.